The molecule has 4 aromatic rings. The third kappa shape index (κ3) is 6.94. The molecule has 4 aromatic carbocycles. The minimum Gasteiger partial charge on any atom is -0.490 e. The van der Waals surface area contributed by atoms with E-state index in [9.17, 15) is 13.2 Å². The van der Waals surface area contributed by atoms with Gasteiger partial charge in [-0.05, 0) is 115 Å². The maximum Gasteiger partial charge on any atom is 0.339 e. The minimum absolute atomic E-state index is 0.00660. The Morgan fingerprint density at radius 3 is 2.05 bits per heavy atom. The van der Waals surface area contributed by atoms with E-state index in [4.69, 9.17) is 43.7 Å². The third-order valence-corrected chi connectivity index (χ3v) is 8.78. The Morgan fingerprint density at radius 2 is 1.43 bits per heavy atom. The van der Waals surface area contributed by atoms with Crippen LogP contribution in [-0.2, 0) is 14.9 Å². The number of nitrogens with zero attached hydrogens (tertiary/aromatic N) is 2. The van der Waals surface area contributed by atoms with E-state index < -0.39 is 10.1 Å². The van der Waals surface area contributed by atoms with Gasteiger partial charge in [0.15, 0.2) is 16.7 Å². The van der Waals surface area contributed by atoms with E-state index in [1.165, 1.54) is 47.0 Å². The van der Waals surface area contributed by atoms with Gasteiger partial charge in [-0.25, -0.2) is 4.99 Å². The van der Waals surface area contributed by atoms with Crippen LogP contribution in [0.2, 0.25) is 15.1 Å². The lowest BCUT2D eigenvalue weighted by Crippen LogP contribution is -2.28. The van der Waals surface area contributed by atoms with E-state index in [1.54, 1.807) is 73.7 Å². The van der Waals surface area contributed by atoms with Crippen molar-refractivity contribution in [2.75, 3.05) is 11.5 Å². The van der Waals surface area contributed by atoms with Gasteiger partial charge in [-0.2, -0.15) is 8.42 Å². The van der Waals surface area contributed by atoms with Crippen LogP contribution in [0.5, 0.6) is 11.5 Å². The highest BCUT2D eigenvalue weighted by Gasteiger charge is 2.35. The van der Waals surface area contributed by atoms with E-state index in [2.05, 4.69) is 4.99 Å². The molecule has 214 valence electrons. The summed E-state index contributed by atoms with van der Waals surface area (Å²) in [5.41, 5.74) is 1.81. The Bertz CT molecular complexity index is 1790. The van der Waals surface area contributed by atoms with E-state index >= 15 is 0 Å². The summed E-state index contributed by atoms with van der Waals surface area (Å²) in [5, 5.41) is 1.95. The maximum atomic E-state index is 13.7. The van der Waals surface area contributed by atoms with Gasteiger partial charge in [-0.1, -0.05) is 40.9 Å². The molecule has 0 radical (unpaired) electrons. The van der Waals surface area contributed by atoms with Gasteiger partial charge in [0.2, 0.25) is 0 Å². The highest BCUT2D eigenvalue weighted by molar-refractivity contribution is 8.19. The lowest BCUT2D eigenvalue weighted by Gasteiger charge is -2.15. The van der Waals surface area contributed by atoms with Gasteiger partial charge in [0, 0.05) is 15.1 Å². The molecule has 0 spiro atoms. The molecule has 1 saturated heterocycles. The summed E-state index contributed by atoms with van der Waals surface area (Å²) in [7, 11) is -4.15. The van der Waals surface area contributed by atoms with Gasteiger partial charge in [0.05, 0.1) is 22.9 Å². The number of anilines is 1. The Morgan fingerprint density at radius 1 is 0.833 bits per heavy atom. The molecule has 1 fully saturated rings. The first-order valence-corrected chi connectivity index (χ1v) is 15.8. The molecule has 1 aliphatic rings. The number of ether oxygens (including phenoxy) is 1. The first kappa shape index (κ1) is 30.0. The number of thioether (sulfide) groups is 1. The van der Waals surface area contributed by atoms with Crippen molar-refractivity contribution in [3.63, 3.8) is 0 Å². The molecular weight excluding hydrogens is 639 g/mol. The first-order valence-electron chi connectivity index (χ1n) is 12.4. The van der Waals surface area contributed by atoms with Gasteiger partial charge < -0.3 is 8.92 Å². The average molecular weight is 660 g/mol. The van der Waals surface area contributed by atoms with Crippen molar-refractivity contribution in [3.8, 4) is 11.5 Å². The predicted octanol–water partition coefficient (Wildman–Crippen LogP) is 8.62. The molecule has 0 unspecified atom stereocenters. The lowest BCUT2D eigenvalue weighted by atomic mass is 10.2. The fourth-order valence-electron chi connectivity index (χ4n) is 3.86. The zero-order valence-electron chi connectivity index (χ0n) is 21.8. The van der Waals surface area contributed by atoms with Gasteiger partial charge in [-0.15, -0.1) is 0 Å². The van der Waals surface area contributed by atoms with Gasteiger partial charge >= 0.3 is 10.1 Å². The molecular formula is C30H21Cl3N2O5S2. The van der Waals surface area contributed by atoms with Crippen LogP contribution in [0, 0.1) is 0 Å². The van der Waals surface area contributed by atoms with Crippen LogP contribution >= 0.6 is 46.6 Å². The van der Waals surface area contributed by atoms with Crippen LogP contribution in [0.25, 0.3) is 6.08 Å². The summed E-state index contributed by atoms with van der Waals surface area (Å²) in [6.07, 6.45) is 1.68. The van der Waals surface area contributed by atoms with Crippen molar-refractivity contribution < 1.29 is 22.1 Å². The van der Waals surface area contributed by atoms with Crippen LogP contribution in [0.4, 0.5) is 11.4 Å². The molecule has 1 aliphatic heterocycles. The summed E-state index contributed by atoms with van der Waals surface area (Å²) in [6, 6.07) is 24.2. The quantitative estimate of drug-likeness (QED) is 0.139. The Kier molecular flexibility index (Phi) is 9.15. The number of benzene rings is 4. The van der Waals surface area contributed by atoms with Crippen LogP contribution in [0.3, 0.4) is 0 Å². The predicted molar refractivity (Wildman–Crippen MR) is 170 cm³/mol. The molecule has 0 saturated carbocycles. The van der Waals surface area contributed by atoms with E-state index in [0.29, 0.717) is 42.1 Å². The number of carbonyl (C=O) groups excluding carboxylic acids is 1. The topological polar surface area (TPSA) is 85.3 Å². The number of hydrogen-bond acceptors (Lipinski definition) is 7. The van der Waals surface area contributed by atoms with Gasteiger partial charge in [0.1, 0.15) is 4.90 Å². The number of amides is 1. The highest BCUT2D eigenvalue weighted by Crippen LogP contribution is 2.39. The van der Waals surface area contributed by atoms with E-state index in [0.717, 1.165) is 0 Å². The van der Waals surface area contributed by atoms with Crippen LogP contribution < -0.4 is 13.8 Å². The smallest absolute Gasteiger partial charge is 0.339 e. The molecule has 0 atom stereocenters. The van der Waals surface area contributed by atoms with Crippen molar-refractivity contribution in [3.05, 3.63) is 117 Å². The number of halogens is 3. The Hall–Kier alpha value is -3.47. The number of carbonyl (C=O) groups is 1. The highest BCUT2D eigenvalue weighted by atomic mass is 35.5. The Balaban J connectivity index is 1.49. The van der Waals surface area contributed by atoms with E-state index in [1.807, 2.05) is 0 Å². The number of hydrogen-bond donors (Lipinski definition) is 0. The summed E-state index contributed by atoms with van der Waals surface area (Å²) in [6.45, 7) is 2.02. The standard InChI is InChI=1S/C30H21Cl3N2O5S2/c1-2-39-27-17-19(3-16-26(27)40-42(37,38)25-14-8-22(33)9-15-25)18-28-29(36)35(24-12-6-21(32)7-13-24)30(41-28)34-23-10-4-20(31)5-11-23/h3-18H,2H2,1H3/b28-18-,34-30?. The second-order valence-electron chi connectivity index (χ2n) is 8.73. The summed E-state index contributed by atoms with van der Waals surface area (Å²) in [5.74, 6) is -0.0878. The monoisotopic (exact) mass is 658 g/mol. The largest absolute Gasteiger partial charge is 0.490 e. The molecule has 12 heteroatoms. The van der Waals surface area contributed by atoms with Crippen LogP contribution in [0.1, 0.15) is 12.5 Å². The average Bonchev–Trinajstić information content (AvgIpc) is 3.26. The normalized spacial score (nSPS) is 15.4. The number of amidine groups is 1. The maximum absolute atomic E-state index is 13.7. The van der Waals surface area contributed by atoms with Gasteiger partial charge in [-0.3, -0.25) is 9.69 Å². The molecule has 42 heavy (non-hydrogen) atoms. The van der Waals surface area contributed by atoms with Crippen molar-refractivity contribution >= 4 is 85.2 Å². The second-order valence-corrected chi connectivity index (χ2v) is 12.6. The van der Waals surface area contributed by atoms with Crippen molar-refractivity contribution in [2.45, 2.75) is 11.8 Å². The summed E-state index contributed by atoms with van der Waals surface area (Å²) < 4.78 is 36.8. The second kappa shape index (κ2) is 12.8. The molecule has 0 aromatic heterocycles. The molecule has 7 nitrogen and oxygen atoms in total. The lowest BCUT2D eigenvalue weighted by molar-refractivity contribution is -0.113. The molecule has 0 bridgehead atoms. The molecule has 0 aliphatic carbocycles. The zero-order chi connectivity index (χ0) is 29.9. The first-order chi connectivity index (χ1) is 20.1. The van der Waals surface area contributed by atoms with E-state index in [-0.39, 0.29) is 28.9 Å². The zero-order valence-corrected chi connectivity index (χ0v) is 25.7. The SMILES string of the molecule is CCOc1cc(/C=C2\SC(=Nc3ccc(Cl)cc3)N(c3ccc(Cl)cc3)C2=O)ccc1OS(=O)(=O)c1ccc(Cl)cc1. The molecule has 5 rings (SSSR count). The minimum atomic E-state index is -4.15. The van der Waals surface area contributed by atoms with Crippen molar-refractivity contribution in [1.82, 2.24) is 0 Å². The Labute approximate surface area is 262 Å². The molecule has 1 heterocycles. The van der Waals surface area contributed by atoms with Crippen molar-refractivity contribution in [2.24, 2.45) is 4.99 Å². The van der Waals surface area contributed by atoms with Crippen LogP contribution in [0.15, 0.2) is 106 Å². The fraction of sp³-hybridized carbons (Fsp3) is 0.0667. The number of rotatable bonds is 8. The van der Waals surface area contributed by atoms with Gasteiger partial charge in [0.25, 0.3) is 5.91 Å². The molecule has 0 N–H and O–H groups in total. The number of aliphatic imine (C=N–C) groups is 1. The fourth-order valence-corrected chi connectivity index (χ4v) is 6.18. The summed E-state index contributed by atoms with van der Waals surface area (Å²) in [4.78, 5) is 20.2. The molecule has 1 amide bonds. The van der Waals surface area contributed by atoms with Crippen LogP contribution in [-0.4, -0.2) is 26.1 Å². The summed E-state index contributed by atoms with van der Waals surface area (Å²) >= 11 is 19.2. The third-order valence-electron chi connectivity index (χ3n) is 5.81. The van der Waals surface area contributed by atoms with Crippen molar-refractivity contribution in [1.29, 1.82) is 0 Å².